The maximum Gasteiger partial charge on any atom is 0.410 e. The number of rotatable bonds is 4. The summed E-state index contributed by atoms with van der Waals surface area (Å²) in [6.07, 6.45) is -0.575. The molecule has 9 heteroatoms. The number of benzene rings is 2. The molecule has 0 radical (unpaired) electrons. The molecule has 6 atom stereocenters. The molecule has 2 aliphatic heterocycles. The first-order chi connectivity index (χ1) is 17.3. The van der Waals surface area contributed by atoms with Gasteiger partial charge in [0, 0.05) is 24.4 Å². The van der Waals surface area contributed by atoms with Crippen LogP contribution in [-0.2, 0) is 10.3 Å². The summed E-state index contributed by atoms with van der Waals surface area (Å²) in [5.74, 6) is -2.61. The van der Waals surface area contributed by atoms with Gasteiger partial charge in [-0.2, -0.15) is 5.01 Å². The van der Waals surface area contributed by atoms with Crippen LogP contribution >= 0.6 is 0 Å². The standard InChI is InChI=1S/C28H37F2N3O4/c1-18-14-32(15-19(2)28(18,35)20-9-7-6-8-10-20)33(36)25-17-31(26(34)37-27(3,4)5)16-23(25)22-12-11-21(29)13-24(22)30/h6-13,18-19,23,25,33,35H,14-17H2,1-5H3/t18-,19+,23-,25?,28?/m0/s1. The Morgan fingerprint density at radius 3 is 2.24 bits per heavy atom. The lowest BCUT2D eigenvalue weighted by Crippen LogP contribution is -3.19. The Balaban J connectivity index is 1.60. The van der Waals surface area contributed by atoms with E-state index in [1.807, 2.05) is 44.2 Å². The third kappa shape index (κ3) is 5.50. The van der Waals surface area contributed by atoms with Crippen molar-refractivity contribution < 1.29 is 28.6 Å². The predicted octanol–water partition coefficient (Wildman–Crippen LogP) is 3.44. The van der Waals surface area contributed by atoms with E-state index in [-0.39, 0.29) is 35.7 Å². The Bertz CT molecular complexity index is 1100. The first-order valence-corrected chi connectivity index (χ1v) is 12.8. The third-order valence-corrected chi connectivity index (χ3v) is 7.69. The van der Waals surface area contributed by atoms with Crippen LogP contribution in [0.4, 0.5) is 13.6 Å². The summed E-state index contributed by atoms with van der Waals surface area (Å²) in [4.78, 5) is 14.3. The first-order valence-electron chi connectivity index (χ1n) is 12.8. The number of hydroxylamine groups is 1. The van der Waals surface area contributed by atoms with E-state index in [9.17, 15) is 23.9 Å². The van der Waals surface area contributed by atoms with Crippen molar-refractivity contribution in [1.29, 1.82) is 0 Å². The van der Waals surface area contributed by atoms with E-state index in [1.54, 1.807) is 25.8 Å². The Kier molecular flexibility index (Phi) is 7.63. The number of piperidine rings is 1. The van der Waals surface area contributed by atoms with Gasteiger partial charge in [-0.05, 0) is 38.0 Å². The smallest absolute Gasteiger partial charge is 0.410 e. The summed E-state index contributed by atoms with van der Waals surface area (Å²) in [6.45, 7) is 9.88. The van der Waals surface area contributed by atoms with Crippen LogP contribution in [0, 0.1) is 28.7 Å². The van der Waals surface area contributed by atoms with Crippen molar-refractivity contribution in [2.45, 2.75) is 57.8 Å². The molecule has 0 aromatic heterocycles. The molecule has 2 N–H and O–H groups in total. The molecule has 1 amide bonds. The van der Waals surface area contributed by atoms with Gasteiger partial charge in [0.25, 0.3) is 0 Å². The molecule has 2 saturated heterocycles. The van der Waals surface area contributed by atoms with Crippen LogP contribution in [0.15, 0.2) is 48.5 Å². The van der Waals surface area contributed by atoms with Crippen molar-refractivity contribution >= 4 is 6.09 Å². The van der Waals surface area contributed by atoms with Crippen molar-refractivity contribution in [3.8, 4) is 0 Å². The molecule has 7 nitrogen and oxygen atoms in total. The minimum absolute atomic E-state index is 0.0669. The summed E-state index contributed by atoms with van der Waals surface area (Å²) in [5.41, 5.74) is -0.816. The molecule has 4 rings (SSSR count). The highest BCUT2D eigenvalue weighted by Gasteiger charge is 2.50. The summed E-state index contributed by atoms with van der Waals surface area (Å²) in [7, 11) is 0. The van der Waals surface area contributed by atoms with Gasteiger partial charge in [-0.25, -0.2) is 13.6 Å². The molecule has 3 unspecified atom stereocenters. The summed E-state index contributed by atoms with van der Waals surface area (Å²) < 4.78 is 34.0. The lowest BCUT2D eigenvalue weighted by molar-refractivity contribution is -0.996. The van der Waals surface area contributed by atoms with Gasteiger partial charge in [-0.1, -0.05) is 50.2 Å². The fourth-order valence-corrected chi connectivity index (χ4v) is 5.84. The Morgan fingerprint density at radius 1 is 1.05 bits per heavy atom. The van der Waals surface area contributed by atoms with Crippen LogP contribution in [0.25, 0.3) is 0 Å². The van der Waals surface area contributed by atoms with Crippen LogP contribution in [0.1, 0.15) is 51.7 Å². The number of halogens is 2. The number of ether oxygens (including phenoxy) is 1. The van der Waals surface area contributed by atoms with E-state index in [2.05, 4.69) is 0 Å². The molecule has 0 bridgehead atoms. The van der Waals surface area contributed by atoms with Crippen molar-refractivity contribution in [2.75, 3.05) is 26.2 Å². The number of nitrogens with one attached hydrogen (secondary N) is 1. The molecule has 0 aliphatic carbocycles. The van der Waals surface area contributed by atoms with Crippen molar-refractivity contribution in [3.63, 3.8) is 0 Å². The number of hydrogen-bond acceptors (Lipinski definition) is 5. The van der Waals surface area contributed by atoms with E-state index in [1.165, 1.54) is 17.0 Å². The van der Waals surface area contributed by atoms with Gasteiger partial charge in [0.1, 0.15) is 23.3 Å². The number of amides is 1. The van der Waals surface area contributed by atoms with Gasteiger partial charge in [-0.3, -0.25) is 5.17 Å². The van der Waals surface area contributed by atoms with Crippen LogP contribution in [0.2, 0.25) is 0 Å². The lowest BCUT2D eigenvalue weighted by Gasteiger charge is -2.51. The monoisotopic (exact) mass is 517 g/mol. The number of nitrogens with zero attached hydrogens (tertiary/aromatic N) is 2. The summed E-state index contributed by atoms with van der Waals surface area (Å²) in [5, 5.41) is 27.1. The number of hydrogen-bond donors (Lipinski definition) is 2. The van der Waals surface area contributed by atoms with Gasteiger partial charge in [0.05, 0.1) is 31.2 Å². The van der Waals surface area contributed by atoms with E-state index < -0.39 is 40.9 Å². The molecular formula is C28H37F2N3O4. The molecule has 2 fully saturated rings. The van der Waals surface area contributed by atoms with Crippen LogP contribution in [0.5, 0.6) is 0 Å². The molecule has 0 spiro atoms. The molecule has 0 saturated carbocycles. The minimum Gasteiger partial charge on any atom is -0.613 e. The maximum atomic E-state index is 14.9. The zero-order valence-electron chi connectivity index (χ0n) is 22.1. The van der Waals surface area contributed by atoms with Crippen molar-refractivity contribution in [3.05, 3.63) is 76.5 Å². The number of carbonyl (C=O) groups is 1. The second-order valence-corrected chi connectivity index (χ2v) is 11.5. The quantitative estimate of drug-likeness (QED) is 0.608. The molecule has 2 heterocycles. The molecule has 2 aromatic rings. The topological polar surface area (TPSA) is 80.5 Å². The molecule has 2 aliphatic rings. The average molecular weight is 518 g/mol. The van der Waals surface area contributed by atoms with Gasteiger partial charge >= 0.3 is 6.09 Å². The van der Waals surface area contributed by atoms with E-state index in [0.29, 0.717) is 13.1 Å². The Morgan fingerprint density at radius 2 is 1.68 bits per heavy atom. The highest BCUT2D eigenvalue weighted by Crippen LogP contribution is 2.40. The van der Waals surface area contributed by atoms with E-state index in [4.69, 9.17) is 4.74 Å². The van der Waals surface area contributed by atoms with Crippen LogP contribution in [0.3, 0.4) is 0 Å². The minimum atomic E-state index is -1.10. The van der Waals surface area contributed by atoms with Crippen molar-refractivity contribution in [2.24, 2.45) is 11.8 Å². The molecular weight excluding hydrogens is 480 g/mol. The second kappa shape index (κ2) is 10.3. The van der Waals surface area contributed by atoms with Gasteiger partial charge in [-0.15, -0.1) is 0 Å². The zero-order chi connectivity index (χ0) is 27.1. The number of aliphatic hydroxyl groups is 1. The first kappa shape index (κ1) is 27.4. The fraction of sp³-hybridized carbons (Fsp3) is 0.536. The third-order valence-electron chi connectivity index (χ3n) is 7.69. The van der Waals surface area contributed by atoms with Crippen LogP contribution in [-0.4, -0.2) is 58.9 Å². The fourth-order valence-electron chi connectivity index (χ4n) is 5.84. The van der Waals surface area contributed by atoms with Gasteiger partial charge < -0.3 is 20.0 Å². The second-order valence-electron chi connectivity index (χ2n) is 11.5. The lowest BCUT2D eigenvalue weighted by atomic mass is 9.71. The van der Waals surface area contributed by atoms with Gasteiger partial charge in [0.2, 0.25) is 0 Å². The largest absolute Gasteiger partial charge is 0.613 e. The normalized spacial score (nSPS) is 29.8. The summed E-state index contributed by atoms with van der Waals surface area (Å²) in [6, 6.07) is 12.1. The summed E-state index contributed by atoms with van der Waals surface area (Å²) >= 11 is 0. The predicted molar refractivity (Wildman–Crippen MR) is 135 cm³/mol. The number of likely N-dealkylation sites (tertiary alicyclic amines) is 1. The highest BCUT2D eigenvalue weighted by atomic mass is 19.1. The molecule has 202 valence electrons. The van der Waals surface area contributed by atoms with Gasteiger partial charge in [0.15, 0.2) is 0 Å². The van der Waals surface area contributed by atoms with E-state index in [0.717, 1.165) is 11.6 Å². The molecule has 2 aromatic carbocycles. The molecule has 37 heavy (non-hydrogen) atoms. The average Bonchev–Trinajstić information content (AvgIpc) is 3.26. The SMILES string of the molecule is C[C@@H]1CN([NH+]([O-])C2CN(C(=O)OC(C)(C)C)C[C@H]2c2ccc(F)cc2F)C[C@H](C)C1(O)c1ccccc1. The highest BCUT2D eigenvalue weighted by molar-refractivity contribution is 5.69. The number of quaternary nitrogens is 1. The van der Waals surface area contributed by atoms with E-state index >= 15 is 0 Å². The zero-order valence-corrected chi connectivity index (χ0v) is 22.1. The number of carbonyl (C=O) groups excluding carboxylic acids is 1. The van der Waals surface area contributed by atoms with Crippen LogP contribution < -0.4 is 5.17 Å². The Labute approximate surface area is 217 Å². The Hall–Kier alpha value is -2.59. The van der Waals surface area contributed by atoms with Crippen molar-refractivity contribution in [1.82, 2.24) is 9.91 Å². The maximum absolute atomic E-state index is 14.9.